The summed E-state index contributed by atoms with van der Waals surface area (Å²) < 4.78 is 16.8. The number of pyridine rings is 1. The van der Waals surface area contributed by atoms with Gasteiger partial charge in [0.15, 0.2) is 5.78 Å². The molecule has 0 unspecified atom stereocenters. The zero-order chi connectivity index (χ0) is 28.7. The predicted octanol–water partition coefficient (Wildman–Crippen LogP) is 4.96. The van der Waals surface area contributed by atoms with Gasteiger partial charge in [0.2, 0.25) is 11.8 Å². The minimum Gasteiger partial charge on any atom is -0.337 e. The second-order valence-electron chi connectivity index (χ2n) is 10.1. The van der Waals surface area contributed by atoms with Crippen molar-refractivity contribution in [3.05, 3.63) is 70.0 Å². The third kappa shape index (κ3) is 5.38. The van der Waals surface area contributed by atoms with Gasteiger partial charge in [0.25, 0.3) is 0 Å². The molecule has 1 fully saturated rings. The Kier molecular flexibility index (Phi) is 7.50. The summed E-state index contributed by atoms with van der Waals surface area (Å²) in [5, 5.41) is 3.44. The van der Waals surface area contributed by atoms with E-state index in [2.05, 4.69) is 36.2 Å². The standard InChI is InChI=1S/C29H28BrFN6O3/c1-15-5-6-25(30)34-28(15)35-29(40)24-9-21(31)12-37(24)26(39)14-36-13-23(17(3)38)22-8-19(7-16(2)27(22)36)20-10-32-18(4)33-11-20/h5-8,10-11,13,21,24H,9,12,14H2,1-4H3,(H,34,35,40)/t21-,24+/m1/s1. The average molecular weight is 607 g/mol. The van der Waals surface area contributed by atoms with Gasteiger partial charge >= 0.3 is 0 Å². The smallest absolute Gasteiger partial charge is 0.248 e. The first kappa shape index (κ1) is 27.6. The molecule has 0 saturated carbocycles. The topological polar surface area (TPSA) is 110 Å². The van der Waals surface area contributed by atoms with Crippen LogP contribution in [0.4, 0.5) is 10.2 Å². The van der Waals surface area contributed by atoms with Gasteiger partial charge in [0.05, 0.1) is 12.1 Å². The van der Waals surface area contributed by atoms with E-state index in [-0.39, 0.29) is 25.3 Å². The summed E-state index contributed by atoms with van der Waals surface area (Å²) in [5.41, 5.74) is 4.45. The first-order valence-electron chi connectivity index (χ1n) is 12.8. The van der Waals surface area contributed by atoms with Crippen LogP contribution < -0.4 is 5.32 Å². The molecule has 2 amide bonds. The fourth-order valence-corrected chi connectivity index (χ4v) is 5.46. The molecule has 0 spiro atoms. The molecule has 0 radical (unpaired) electrons. The molecule has 4 aromatic rings. The average Bonchev–Trinajstić information content (AvgIpc) is 3.48. The second kappa shape index (κ2) is 10.9. The van der Waals surface area contributed by atoms with Crippen LogP contribution >= 0.6 is 15.9 Å². The number of halogens is 2. The van der Waals surface area contributed by atoms with Crippen LogP contribution in [0.25, 0.3) is 22.0 Å². The van der Waals surface area contributed by atoms with Gasteiger partial charge in [-0.15, -0.1) is 0 Å². The first-order chi connectivity index (χ1) is 19.0. The number of Topliss-reactive ketones (excluding diaryl/α,β-unsaturated/α-hetero) is 1. The lowest BCUT2D eigenvalue weighted by Crippen LogP contribution is -2.44. The highest BCUT2D eigenvalue weighted by Gasteiger charge is 2.40. The van der Waals surface area contributed by atoms with Crippen molar-refractivity contribution < 1.29 is 18.8 Å². The third-order valence-corrected chi connectivity index (χ3v) is 7.58. The van der Waals surface area contributed by atoms with E-state index < -0.39 is 24.0 Å². The van der Waals surface area contributed by atoms with Crippen LogP contribution in [0.5, 0.6) is 0 Å². The number of nitrogens with zero attached hydrogens (tertiary/aromatic N) is 5. The molecule has 1 N–H and O–H groups in total. The summed E-state index contributed by atoms with van der Waals surface area (Å²) in [5.74, 6) is -0.0519. The van der Waals surface area contributed by atoms with Crippen molar-refractivity contribution in [3.8, 4) is 11.1 Å². The van der Waals surface area contributed by atoms with Crippen molar-refractivity contribution in [1.29, 1.82) is 0 Å². The Labute approximate surface area is 239 Å². The Bertz CT molecular complexity index is 1650. The van der Waals surface area contributed by atoms with Gasteiger partial charge in [-0.2, -0.15) is 0 Å². The number of fused-ring (bicyclic) bond motifs is 1. The highest BCUT2D eigenvalue weighted by molar-refractivity contribution is 9.10. The zero-order valence-electron chi connectivity index (χ0n) is 22.5. The van der Waals surface area contributed by atoms with Gasteiger partial charge in [-0.25, -0.2) is 19.3 Å². The number of nitrogens with one attached hydrogen (secondary N) is 1. The van der Waals surface area contributed by atoms with Crippen LogP contribution in [0.1, 0.15) is 40.7 Å². The first-order valence-corrected chi connectivity index (χ1v) is 13.6. The van der Waals surface area contributed by atoms with Crippen LogP contribution in [0.2, 0.25) is 0 Å². The lowest BCUT2D eigenvalue weighted by atomic mass is 10.0. The maximum Gasteiger partial charge on any atom is 0.248 e. The Morgan fingerprint density at radius 1 is 1.07 bits per heavy atom. The minimum absolute atomic E-state index is 0.100. The molecule has 3 aromatic heterocycles. The lowest BCUT2D eigenvalue weighted by molar-refractivity contribution is -0.137. The molecule has 11 heteroatoms. The van der Waals surface area contributed by atoms with Crippen molar-refractivity contribution in [2.45, 2.75) is 52.9 Å². The number of hydrogen-bond acceptors (Lipinski definition) is 6. The Hall–Kier alpha value is -3.99. The Morgan fingerprint density at radius 3 is 2.50 bits per heavy atom. The third-order valence-electron chi connectivity index (χ3n) is 7.14. The summed E-state index contributed by atoms with van der Waals surface area (Å²) in [6.45, 7) is 6.65. The molecule has 1 saturated heterocycles. The highest BCUT2D eigenvalue weighted by Crippen LogP contribution is 2.32. The van der Waals surface area contributed by atoms with Crippen molar-refractivity contribution >= 4 is 50.2 Å². The summed E-state index contributed by atoms with van der Waals surface area (Å²) in [4.78, 5) is 53.4. The van der Waals surface area contributed by atoms with Gasteiger partial charge in [-0.1, -0.05) is 6.07 Å². The summed E-state index contributed by atoms with van der Waals surface area (Å²) >= 11 is 3.29. The van der Waals surface area contributed by atoms with Gasteiger partial charge in [0.1, 0.15) is 35.0 Å². The normalized spacial score (nSPS) is 16.9. The summed E-state index contributed by atoms with van der Waals surface area (Å²) in [6.07, 6.45) is 3.69. The number of benzene rings is 1. The van der Waals surface area contributed by atoms with Crippen LogP contribution in [0.3, 0.4) is 0 Å². The molecule has 5 rings (SSSR count). The van der Waals surface area contributed by atoms with Crippen molar-refractivity contribution in [1.82, 2.24) is 24.4 Å². The molecule has 0 bridgehead atoms. The SMILES string of the molecule is CC(=O)c1cn(CC(=O)N2C[C@H](F)C[C@H]2C(=O)Nc2nc(Br)ccc2C)c2c(C)cc(-c3cnc(C)nc3)cc12. The number of anilines is 1. The molecular formula is C29H28BrFN6O3. The number of carbonyl (C=O) groups excluding carboxylic acids is 3. The molecule has 1 aromatic carbocycles. The summed E-state index contributed by atoms with van der Waals surface area (Å²) in [6, 6.07) is 6.42. The fraction of sp³-hybridized carbons (Fsp3) is 0.310. The molecule has 0 aliphatic carbocycles. The fourth-order valence-electron chi connectivity index (χ4n) is 5.15. The number of rotatable bonds is 6. The molecule has 9 nitrogen and oxygen atoms in total. The molecule has 4 heterocycles. The quantitative estimate of drug-likeness (QED) is 0.245. The van der Waals surface area contributed by atoms with E-state index in [0.29, 0.717) is 27.2 Å². The summed E-state index contributed by atoms with van der Waals surface area (Å²) in [7, 11) is 0. The Balaban J connectivity index is 1.45. The van der Waals surface area contributed by atoms with Gasteiger partial charge in [-0.3, -0.25) is 14.4 Å². The van der Waals surface area contributed by atoms with E-state index in [1.165, 1.54) is 11.8 Å². The largest absolute Gasteiger partial charge is 0.337 e. The lowest BCUT2D eigenvalue weighted by Gasteiger charge is -2.24. The van der Waals surface area contributed by atoms with Crippen LogP contribution in [0, 0.1) is 20.8 Å². The molecule has 40 heavy (non-hydrogen) atoms. The minimum atomic E-state index is -1.33. The number of aryl methyl sites for hydroxylation is 3. The highest BCUT2D eigenvalue weighted by atomic mass is 79.9. The molecular weight excluding hydrogens is 579 g/mol. The monoisotopic (exact) mass is 606 g/mol. The number of likely N-dealkylation sites (tertiary alicyclic amines) is 1. The second-order valence-corrected chi connectivity index (χ2v) is 10.9. The maximum absolute atomic E-state index is 14.6. The predicted molar refractivity (Wildman–Crippen MR) is 153 cm³/mol. The van der Waals surface area contributed by atoms with E-state index in [0.717, 1.165) is 27.8 Å². The number of hydrogen-bond donors (Lipinski definition) is 1. The number of aromatic nitrogens is 4. The van der Waals surface area contributed by atoms with E-state index in [1.807, 2.05) is 26.0 Å². The van der Waals surface area contributed by atoms with Gasteiger partial charge in [0, 0.05) is 41.5 Å². The Morgan fingerprint density at radius 2 is 1.80 bits per heavy atom. The van der Waals surface area contributed by atoms with E-state index in [9.17, 15) is 18.8 Å². The van der Waals surface area contributed by atoms with E-state index >= 15 is 0 Å². The zero-order valence-corrected chi connectivity index (χ0v) is 24.1. The van der Waals surface area contributed by atoms with Crippen molar-refractivity contribution in [2.75, 3.05) is 11.9 Å². The number of carbonyl (C=O) groups is 3. The van der Waals surface area contributed by atoms with Crippen LogP contribution in [-0.2, 0) is 16.1 Å². The van der Waals surface area contributed by atoms with E-state index in [4.69, 9.17) is 0 Å². The maximum atomic E-state index is 14.6. The number of amides is 2. The number of ketones is 1. The van der Waals surface area contributed by atoms with Gasteiger partial charge in [-0.05, 0) is 78.5 Å². The molecule has 1 aliphatic rings. The molecule has 206 valence electrons. The van der Waals surface area contributed by atoms with E-state index in [1.54, 1.807) is 42.2 Å². The van der Waals surface area contributed by atoms with Gasteiger partial charge < -0.3 is 14.8 Å². The van der Waals surface area contributed by atoms with Crippen LogP contribution in [0.15, 0.2) is 47.5 Å². The molecule has 1 aliphatic heterocycles. The molecule has 2 atom stereocenters. The van der Waals surface area contributed by atoms with Crippen molar-refractivity contribution in [3.63, 3.8) is 0 Å². The van der Waals surface area contributed by atoms with Crippen molar-refractivity contribution in [2.24, 2.45) is 0 Å². The number of alkyl halides is 1. The van der Waals surface area contributed by atoms with Crippen LogP contribution in [-0.4, -0.2) is 60.8 Å².